The number of rotatable bonds is 5. The largest absolute Gasteiger partial charge is 0.393 e. The first-order valence-corrected chi connectivity index (χ1v) is 7.37. The lowest BCUT2D eigenvalue weighted by Crippen LogP contribution is -2.55. The molecule has 1 saturated heterocycles. The summed E-state index contributed by atoms with van der Waals surface area (Å²) in [5.74, 6) is -1.15. The molecule has 112 valence electrons. The standard InChI is InChI=1S/C15H19N3O2S/c1-2-17-8-9-18(15(20)14(17)19)10-12(13(16)21)11-6-4-3-5-7-11/h3-7,12H,2,8-10H2,1H3,(H2,16,21). The zero-order chi connectivity index (χ0) is 15.4. The SMILES string of the molecule is CCN1CCN(CC(C(N)=S)c2ccccc2)C(=O)C1=O. The van der Waals surface area contributed by atoms with Crippen LogP contribution in [0.3, 0.4) is 0 Å². The zero-order valence-corrected chi connectivity index (χ0v) is 12.8. The number of piperazine rings is 1. The lowest BCUT2D eigenvalue weighted by molar-refractivity contribution is -0.155. The number of benzene rings is 1. The molecule has 1 aromatic rings. The van der Waals surface area contributed by atoms with Crippen LogP contribution in [-0.2, 0) is 9.59 Å². The van der Waals surface area contributed by atoms with Crippen molar-refractivity contribution in [3.63, 3.8) is 0 Å². The van der Waals surface area contributed by atoms with Crippen LogP contribution in [0.4, 0.5) is 0 Å². The van der Waals surface area contributed by atoms with E-state index < -0.39 is 11.8 Å². The molecular weight excluding hydrogens is 286 g/mol. The van der Waals surface area contributed by atoms with E-state index in [4.69, 9.17) is 18.0 Å². The predicted octanol–water partition coefficient (Wildman–Crippen LogP) is 0.747. The Morgan fingerprint density at radius 3 is 2.33 bits per heavy atom. The van der Waals surface area contributed by atoms with E-state index in [1.165, 1.54) is 0 Å². The van der Waals surface area contributed by atoms with Gasteiger partial charge in [-0.15, -0.1) is 0 Å². The maximum Gasteiger partial charge on any atom is 0.312 e. The van der Waals surface area contributed by atoms with E-state index in [1.807, 2.05) is 37.3 Å². The summed E-state index contributed by atoms with van der Waals surface area (Å²) in [5.41, 5.74) is 6.78. The van der Waals surface area contributed by atoms with Crippen LogP contribution in [0.5, 0.6) is 0 Å². The summed E-state index contributed by atoms with van der Waals surface area (Å²) < 4.78 is 0. The number of nitrogens with two attached hydrogens (primary N) is 1. The molecule has 0 spiro atoms. The summed E-state index contributed by atoms with van der Waals surface area (Å²) in [4.78, 5) is 27.5. The van der Waals surface area contributed by atoms with E-state index in [1.54, 1.807) is 9.80 Å². The van der Waals surface area contributed by atoms with Crippen LogP contribution in [0.25, 0.3) is 0 Å². The topological polar surface area (TPSA) is 66.6 Å². The van der Waals surface area contributed by atoms with Crippen molar-refractivity contribution in [2.75, 3.05) is 26.2 Å². The summed E-state index contributed by atoms with van der Waals surface area (Å²) in [6, 6.07) is 9.58. The maximum atomic E-state index is 12.1. The number of carbonyl (C=O) groups is 2. The fourth-order valence-corrected chi connectivity index (χ4v) is 2.67. The minimum Gasteiger partial charge on any atom is -0.393 e. The van der Waals surface area contributed by atoms with E-state index in [-0.39, 0.29) is 5.92 Å². The highest BCUT2D eigenvalue weighted by atomic mass is 32.1. The molecule has 1 aliphatic rings. The van der Waals surface area contributed by atoms with Gasteiger partial charge in [0, 0.05) is 26.2 Å². The van der Waals surface area contributed by atoms with Crippen LogP contribution in [0.1, 0.15) is 18.4 Å². The van der Waals surface area contributed by atoms with E-state index >= 15 is 0 Å². The van der Waals surface area contributed by atoms with Gasteiger partial charge in [-0.2, -0.15) is 0 Å². The number of nitrogens with zero attached hydrogens (tertiary/aromatic N) is 2. The average molecular weight is 305 g/mol. The molecular formula is C15H19N3O2S. The molecule has 2 N–H and O–H groups in total. The maximum absolute atomic E-state index is 12.1. The third kappa shape index (κ3) is 3.39. The Morgan fingerprint density at radius 2 is 1.76 bits per heavy atom. The number of amides is 2. The summed E-state index contributed by atoms with van der Waals surface area (Å²) in [6.45, 7) is 3.84. The molecule has 21 heavy (non-hydrogen) atoms. The molecule has 1 fully saturated rings. The second kappa shape index (κ2) is 6.67. The van der Waals surface area contributed by atoms with Gasteiger partial charge in [-0.1, -0.05) is 42.5 Å². The third-order valence-electron chi connectivity index (χ3n) is 3.73. The normalized spacial score (nSPS) is 17.0. The summed E-state index contributed by atoms with van der Waals surface area (Å²) >= 11 is 5.13. The van der Waals surface area contributed by atoms with Crippen LogP contribution in [0, 0.1) is 0 Å². The first-order valence-electron chi connectivity index (χ1n) is 6.97. The molecule has 5 nitrogen and oxygen atoms in total. The highest BCUT2D eigenvalue weighted by molar-refractivity contribution is 7.80. The third-order valence-corrected chi connectivity index (χ3v) is 4.01. The van der Waals surface area contributed by atoms with Crippen LogP contribution in [0.15, 0.2) is 30.3 Å². The van der Waals surface area contributed by atoms with Gasteiger partial charge in [0.2, 0.25) is 0 Å². The van der Waals surface area contributed by atoms with Crippen molar-refractivity contribution in [1.29, 1.82) is 0 Å². The van der Waals surface area contributed by atoms with Crippen molar-refractivity contribution < 1.29 is 9.59 Å². The lowest BCUT2D eigenvalue weighted by atomic mass is 9.98. The Labute approximate surface area is 129 Å². The van der Waals surface area contributed by atoms with Crippen molar-refractivity contribution in [3.05, 3.63) is 35.9 Å². The van der Waals surface area contributed by atoms with Crippen molar-refractivity contribution in [3.8, 4) is 0 Å². The van der Waals surface area contributed by atoms with Gasteiger partial charge in [-0.25, -0.2) is 0 Å². The van der Waals surface area contributed by atoms with E-state index in [0.717, 1.165) is 5.56 Å². The van der Waals surface area contributed by atoms with Crippen molar-refractivity contribution >= 4 is 29.0 Å². The minimum absolute atomic E-state index is 0.230. The summed E-state index contributed by atoms with van der Waals surface area (Å²) in [6.07, 6.45) is 0. The molecule has 0 aromatic heterocycles. The molecule has 1 aliphatic heterocycles. The van der Waals surface area contributed by atoms with Gasteiger partial charge in [0.25, 0.3) is 0 Å². The molecule has 1 aromatic carbocycles. The van der Waals surface area contributed by atoms with E-state index in [0.29, 0.717) is 31.2 Å². The number of carbonyl (C=O) groups excluding carboxylic acids is 2. The second-order valence-electron chi connectivity index (χ2n) is 5.00. The second-order valence-corrected chi connectivity index (χ2v) is 5.47. The Kier molecular flexibility index (Phi) is 4.90. The van der Waals surface area contributed by atoms with Crippen molar-refractivity contribution in [2.45, 2.75) is 12.8 Å². The lowest BCUT2D eigenvalue weighted by Gasteiger charge is -2.35. The van der Waals surface area contributed by atoms with Gasteiger partial charge in [-0.05, 0) is 12.5 Å². The van der Waals surface area contributed by atoms with Gasteiger partial charge in [0.15, 0.2) is 0 Å². The van der Waals surface area contributed by atoms with Crippen molar-refractivity contribution in [2.24, 2.45) is 5.73 Å². The molecule has 0 aliphatic carbocycles. The van der Waals surface area contributed by atoms with Gasteiger partial charge in [0.05, 0.1) is 10.9 Å². The highest BCUT2D eigenvalue weighted by Gasteiger charge is 2.33. The highest BCUT2D eigenvalue weighted by Crippen LogP contribution is 2.19. The summed E-state index contributed by atoms with van der Waals surface area (Å²) in [7, 11) is 0. The van der Waals surface area contributed by atoms with Crippen LogP contribution in [-0.4, -0.2) is 52.8 Å². The first kappa shape index (κ1) is 15.4. The zero-order valence-electron chi connectivity index (χ0n) is 12.0. The van der Waals surface area contributed by atoms with E-state index in [2.05, 4.69) is 0 Å². The molecule has 1 heterocycles. The van der Waals surface area contributed by atoms with Crippen LogP contribution in [0.2, 0.25) is 0 Å². The molecule has 0 bridgehead atoms. The molecule has 2 rings (SSSR count). The summed E-state index contributed by atoms with van der Waals surface area (Å²) in [5, 5.41) is 0. The van der Waals surface area contributed by atoms with E-state index in [9.17, 15) is 9.59 Å². The molecule has 0 saturated carbocycles. The first-order chi connectivity index (χ1) is 10.0. The van der Waals surface area contributed by atoms with Gasteiger partial charge in [0.1, 0.15) is 0 Å². The quantitative estimate of drug-likeness (QED) is 0.644. The number of likely N-dealkylation sites (N-methyl/N-ethyl adjacent to an activating group) is 1. The fourth-order valence-electron chi connectivity index (χ4n) is 2.46. The predicted molar refractivity (Wildman–Crippen MR) is 84.8 cm³/mol. The smallest absolute Gasteiger partial charge is 0.312 e. The molecule has 6 heteroatoms. The van der Waals surface area contributed by atoms with Gasteiger partial charge in [-0.3, -0.25) is 9.59 Å². The number of hydrogen-bond acceptors (Lipinski definition) is 3. The fraction of sp³-hybridized carbons (Fsp3) is 0.400. The van der Waals surface area contributed by atoms with Crippen LogP contribution < -0.4 is 5.73 Å². The monoisotopic (exact) mass is 305 g/mol. The number of hydrogen-bond donors (Lipinski definition) is 1. The molecule has 0 radical (unpaired) electrons. The Bertz CT molecular complexity index is 547. The number of thiocarbonyl (C=S) groups is 1. The Morgan fingerprint density at radius 1 is 1.19 bits per heavy atom. The average Bonchev–Trinajstić information content (AvgIpc) is 2.49. The molecule has 1 unspecified atom stereocenters. The van der Waals surface area contributed by atoms with Gasteiger partial charge < -0.3 is 15.5 Å². The molecule has 1 atom stereocenters. The Balaban J connectivity index is 2.13. The Hall–Kier alpha value is -1.95. The molecule has 2 amide bonds. The van der Waals surface area contributed by atoms with Crippen molar-refractivity contribution in [1.82, 2.24) is 9.80 Å². The minimum atomic E-state index is -0.472. The van der Waals surface area contributed by atoms with Gasteiger partial charge >= 0.3 is 11.8 Å². The van der Waals surface area contributed by atoms with Crippen LogP contribution >= 0.6 is 12.2 Å².